The zero-order chi connectivity index (χ0) is 18.5. The van der Waals surface area contributed by atoms with Gasteiger partial charge >= 0.3 is 17.9 Å². The van der Waals surface area contributed by atoms with Crippen LogP contribution in [0.4, 0.5) is 0 Å². The van der Waals surface area contributed by atoms with Gasteiger partial charge in [-0.15, -0.1) is 0 Å². The fourth-order valence-electron chi connectivity index (χ4n) is 3.11. The van der Waals surface area contributed by atoms with Gasteiger partial charge in [0.25, 0.3) is 0 Å². The molecule has 0 unspecified atom stereocenters. The van der Waals surface area contributed by atoms with Crippen LogP contribution in [0.2, 0.25) is 0 Å². The maximum atomic E-state index is 12.2. The number of hydrogen-bond acceptors (Lipinski definition) is 5. The normalized spacial score (nSPS) is 16.0. The van der Waals surface area contributed by atoms with Crippen molar-refractivity contribution >= 4 is 17.9 Å². The third kappa shape index (κ3) is 7.28. The fraction of sp³-hybridized carbons (Fsp3) is 0.737. The van der Waals surface area contributed by atoms with Crippen molar-refractivity contribution in [2.24, 2.45) is 5.41 Å². The lowest BCUT2D eigenvalue weighted by atomic mass is 9.74. The molecule has 1 aliphatic rings. The van der Waals surface area contributed by atoms with Gasteiger partial charge in [-0.3, -0.25) is 9.59 Å². The van der Waals surface area contributed by atoms with E-state index in [2.05, 4.69) is 6.58 Å². The number of carboxylic acids is 1. The Hall–Kier alpha value is -1.85. The van der Waals surface area contributed by atoms with Crippen LogP contribution in [0.5, 0.6) is 0 Å². The first kappa shape index (κ1) is 21.2. The molecule has 0 aromatic carbocycles. The molecule has 1 aliphatic carbocycles. The van der Waals surface area contributed by atoms with E-state index in [-0.39, 0.29) is 12.6 Å². The highest BCUT2D eigenvalue weighted by atomic mass is 16.5. The number of carboxylic acid groups (broad SMARTS) is 1. The van der Waals surface area contributed by atoms with Crippen LogP contribution in [-0.2, 0) is 23.9 Å². The van der Waals surface area contributed by atoms with E-state index in [1.807, 2.05) is 0 Å². The predicted octanol–water partition coefficient (Wildman–Crippen LogP) is 3.63. The summed E-state index contributed by atoms with van der Waals surface area (Å²) >= 11 is 0. The molecular formula is C19H30O6. The van der Waals surface area contributed by atoms with Crippen molar-refractivity contribution in [2.45, 2.75) is 70.6 Å². The van der Waals surface area contributed by atoms with E-state index >= 15 is 0 Å². The van der Waals surface area contributed by atoms with E-state index in [9.17, 15) is 19.5 Å². The Morgan fingerprint density at radius 3 is 1.92 bits per heavy atom. The Morgan fingerprint density at radius 2 is 1.40 bits per heavy atom. The van der Waals surface area contributed by atoms with Gasteiger partial charge in [0, 0.05) is 6.08 Å². The van der Waals surface area contributed by atoms with E-state index in [4.69, 9.17) is 9.47 Å². The molecule has 1 fully saturated rings. The number of unbranched alkanes of at least 4 members (excludes halogenated alkanes) is 5. The molecule has 1 rings (SSSR count). The lowest BCUT2D eigenvalue weighted by molar-refractivity contribution is -0.171. The Kier molecular flexibility index (Phi) is 9.88. The second-order valence-electron chi connectivity index (χ2n) is 6.58. The number of esters is 2. The smallest absolute Gasteiger partial charge is 0.330 e. The van der Waals surface area contributed by atoms with Crippen LogP contribution in [0.15, 0.2) is 12.7 Å². The number of carbonyl (C=O) groups is 3. The summed E-state index contributed by atoms with van der Waals surface area (Å²) in [4.78, 5) is 34.5. The Morgan fingerprint density at radius 1 is 0.880 bits per heavy atom. The highest BCUT2D eigenvalue weighted by Crippen LogP contribution is 2.37. The molecular weight excluding hydrogens is 324 g/mol. The lowest BCUT2D eigenvalue weighted by Crippen LogP contribution is -2.42. The van der Waals surface area contributed by atoms with Crippen molar-refractivity contribution in [3.63, 3.8) is 0 Å². The van der Waals surface area contributed by atoms with Crippen LogP contribution in [-0.4, -0.2) is 36.2 Å². The molecule has 25 heavy (non-hydrogen) atoms. The lowest BCUT2D eigenvalue weighted by Gasteiger charge is -2.30. The number of ether oxygens (including phenoxy) is 2. The van der Waals surface area contributed by atoms with Gasteiger partial charge in [0.05, 0.1) is 13.2 Å². The molecule has 142 valence electrons. The molecule has 0 bridgehead atoms. The Bertz CT molecular complexity index is 451. The zero-order valence-electron chi connectivity index (χ0n) is 15.0. The molecule has 0 aromatic rings. The minimum absolute atomic E-state index is 0.283. The van der Waals surface area contributed by atoms with Crippen LogP contribution in [0.1, 0.15) is 70.6 Å². The second kappa shape index (κ2) is 11.7. The molecule has 0 spiro atoms. The van der Waals surface area contributed by atoms with Crippen molar-refractivity contribution in [3.8, 4) is 0 Å². The van der Waals surface area contributed by atoms with Crippen LogP contribution in [0.25, 0.3) is 0 Å². The highest BCUT2D eigenvalue weighted by Gasteiger charge is 2.48. The van der Waals surface area contributed by atoms with E-state index < -0.39 is 17.4 Å². The summed E-state index contributed by atoms with van der Waals surface area (Å²) in [5.74, 6) is -2.00. The third-order valence-electron chi connectivity index (χ3n) is 4.69. The van der Waals surface area contributed by atoms with Crippen LogP contribution >= 0.6 is 0 Å². The first-order valence-corrected chi connectivity index (χ1v) is 9.23. The van der Waals surface area contributed by atoms with Gasteiger partial charge in [-0.25, -0.2) is 4.79 Å². The quantitative estimate of drug-likeness (QED) is 0.249. The number of carbonyl (C=O) groups excluding carboxylic acids is 2. The molecule has 0 amide bonds. The van der Waals surface area contributed by atoms with Gasteiger partial charge < -0.3 is 14.6 Å². The summed E-state index contributed by atoms with van der Waals surface area (Å²) in [6, 6.07) is 0. The molecule has 0 aromatic heterocycles. The highest BCUT2D eigenvalue weighted by molar-refractivity contribution is 5.99. The summed E-state index contributed by atoms with van der Waals surface area (Å²) in [6.07, 6.45) is 9.96. The molecule has 1 N–H and O–H groups in total. The molecule has 0 heterocycles. The van der Waals surface area contributed by atoms with E-state index in [0.717, 1.165) is 63.9 Å². The average molecular weight is 354 g/mol. The summed E-state index contributed by atoms with van der Waals surface area (Å²) in [5, 5.41) is 9.42. The summed E-state index contributed by atoms with van der Waals surface area (Å²) in [7, 11) is 0. The van der Waals surface area contributed by atoms with Crippen molar-refractivity contribution in [2.75, 3.05) is 13.2 Å². The Labute approximate surface area is 149 Å². The molecule has 0 saturated heterocycles. The number of hydrogen-bond donors (Lipinski definition) is 1. The molecule has 6 nitrogen and oxygen atoms in total. The van der Waals surface area contributed by atoms with E-state index in [0.29, 0.717) is 19.4 Å². The maximum Gasteiger partial charge on any atom is 0.330 e. The summed E-state index contributed by atoms with van der Waals surface area (Å²) in [5.41, 5.74) is -1.32. The van der Waals surface area contributed by atoms with Crippen molar-refractivity contribution in [1.82, 2.24) is 0 Å². The van der Waals surface area contributed by atoms with Gasteiger partial charge in [0.1, 0.15) is 0 Å². The molecule has 0 aliphatic heterocycles. The van der Waals surface area contributed by atoms with E-state index in [1.165, 1.54) is 0 Å². The summed E-state index contributed by atoms with van der Waals surface area (Å²) < 4.78 is 10.1. The van der Waals surface area contributed by atoms with Gasteiger partial charge in [-0.1, -0.05) is 51.5 Å². The zero-order valence-corrected chi connectivity index (χ0v) is 15.0. The van der Waals surface area contributed by atoms with Gasteiger partial charge in [0.15, 0.2) is 5.41 Å². The minimum Gasteiger partial charge on any atom is -0.480 e. The molecule has 6 heteroatoms. The van der Waals surface area contributed by atoms with Crippen LogP contribution in [0.3, 0.4) is 0 Å². The second-order valence-corrected chi connectivity index (χ2v) is 6.58. The summed E-state index contributed by atoms with van der Waals surface area (Å²) in [6.45, 7) is 4.03. The molecule has 0 atom stereocenters. The number of rotatable bonds is 12. The standard InChI is InChI=1S/C19H30O6/c1-2-16(20)24-14-10-5-3-4-6-11-15-25-18(23)19(17(21)22)12-8-7-9-13-19/h2H,1,3-15H2,(H,21,22). The van der Waals surface area contributed by atoms with Gasteiger partial charge in [-0.05, 0) is 25.7 Å². The SMILES string of the molecule is C=CC(=O)OCCCCCCCCOC(=O)C1(C(=O)O)CCCCC1. The third-order valence-corrected chi connectivity index (χ3v) is 4.69. The van der Waals surface area contributed by atoms with Crippen molar-refractivity contribution in [1.29, 1.82) is 0 Å². The number of aliphatic carboxylic acids is 1. The largest absolute Gasteiger partial charge is 0.480 e. The molecule has 0 radical (unpaired) electrons. The Balaban J connectivity index is 2.07. The first-order valence-electron chi connectivity index (χ1n) is 9.23. The average Bonchev–Trinajstić information content (AvgIpc) is 2.63. The minimum atomic E-state index is -1.32. The van der Waals surface area contributed by atoms with Crippen LogP contribution < -0.4 is 0 Å². The van der Waals surface area contributed by atoms with E-state index in [1.54, 1.807) is 0 Å². The fourth-order valence-corrected chi connectivity index (χ4v) is 3.11. The van der Waals surface area contributed by atoms with Crippen molar-refractivity contribution in [3.05, 3.63) is 12.7 Å². The van der Waals surface area contributed by atoms with Crippen molar-refractivity contribution < 1.29 is 29.0 Å². The maximum absolute atomic E-state index is 12.2. The molecule has 1 saturated carbocycles. The monoisotopic (exact) mass is 354 g/mol. The van der Waals surface area contributed by atoms with Crippen LogP contribution in [0, 0.1) is 5.41 Å². The van der Waals surface area contributed by atoms with Gasteiger partial charge in [0.2, 0.25) is 0 Å². The first-order chi connectivity index (χ1) is 12.0. The van der Waals surface area contributed by atoms with Gasteiger partial charge in [-0.2, -0.15) is 0 Å². The predicted molar refractivity (Wildman–Crippen MR) is 93.0 cm³/mol. The topological polar surface area (TPSA) is 89.9 Å².